The second-order valence-corrected chi connectivity index (χ2v) is 12.7. The largest absolute Gasteiger partial charge is 0.467 e. The smallest absolute Gasteiger partial charge is 0.422 e. The summed E-state index contributed by atoms with van der Waals surface area (Å²) in [4.78, 5) is 24.0. The number of carbonyl (C=O) groups excluding carboxylic acids is 2. The number of rotatable bonds is 7. The molecule has 0 aliphatic heterocycles. The lowest BCUT2D eigenvalue weighted by Gasteiger charge is -2.33. The molecule has 1 amide bonds. The number of esters is 1. The summed E-state index contributed by atoms with van der Waals surface area (Å²) in [6.07, 6.45) is -7.18. The molecule has 1 aromatic carbocycles. The van der Waals surface area contributed by atoms with Crippen LogP contribution in [0.2, 0.25) is 25.7 Å². The Hall–Kier alpha value is -2.03. The minimum absolute atomic E-state index is 0.0119. The predicted octanol–water partition coefficient (Wildman–Crippen LogP) is 3.77. The van der Waals surface area contributed by atoms with E-state index in [1.54, 1.807) is 23.5 Å². The third-order valence-corrected chi connectivity index (χ3v) is 5.43. The topological polar surface area (TPSA) is 64.6 Å². The Morgan fingerprint density at radius 2 is 1.69 bits per heavy atom. The number of alkyl carbamates (subject to hydrolysis) is 1. The summed E-state index contributed by atoms with van der Waals surface area (Å²) in [6.45, 7) is 6.11. The first kappa shape index (κ1) is 22.0. The highest BCUT2D eigenvalue weighted by Gasteiger charge is 2.62. The first-order valence-corrected chi connectivity index (χ1v) is 11.8. The number of amides is 1. The van der Waals surface area contributed by atoms with E-state index >= 15 is 0 Å². The molecule has 0 heterocycles. The zero-order valence-electron chi connectivity index (χ0n) is 15.3. The number of nitrogens with one attached hydrogen (secondary N) is 1. The van der Waals surface area contributed by atoms with Crippen molar-refractivity contribution in [2.24, 2.45) is 0 Å². The molecule has 0 aliphatic carbocycles. The van der Waals surface area contributed by atoms with Crippen molar-refractivity contribution >= 4 is 20.1 Å². The van der Waals surface area contributed by atoms with Gasteiger partial charge >= 0.3 is 18.2 Å². The molecule has 0 bridgehead atoms. The van der Waals surface area contributed by atoms with Crippen molar-refractivity contribution in [3.8, 4) is 0 Å². The fourth-order valence-electron chi connectivity index (χ4n) is 2.19. The predicted molar refractivity (Wildman–Crippen MR) is 93.6 cm³/mol. The molecule has 0 spiro atoms. The van der Waals surface area contributed by atoms with Crippen LogP contribution >= 0.6 is 0 Å². The van der Waals surface area contributed by atoms with Crippen molar-refractivity contribution < 1.29 is 32.2 Å². The van der Waals surface area contributed by atoms with Gasteiger partial charge in [0.2, 0.25) is 5.54 Å². The number of ether oxygens (including phenoxy) is 2. The van der Waals surface area contributed by atoms with Crippen molar-refractivity contribution in [3.63, 3.8) is 0 Å². The second kappa shape index (κ2) is 8.57. The molecule has 0 radical (unpaired) electrons. The molecule has 0 aliphatic rings. The average Bonchev–Trinajstić information content (AvgIpc) is 2.52. The summed E-state index contributed by atoms with van der Waals surface area (Å²) in [5.74, 6) is -1.60. The number of halogens is 3. The van der Waals surface area contributed by atoms with Gasteiger partial charge in [-0.2, -0.15) is 13.2 Å². The summed E-state index contributed by atoms with van der Waals surface area (Å²) < 4.78 is 50.6. The molecule has 0 unspecified atom stereocenters. The van der Waals surface area contributed by atoms with Crippen molar-refractivity contribution in [2.45, 2.75) is 43.8 Å². The Morgan fingerprint density at radius 1 is 1.12 bits per heavy atom. The minimum atomic E-state index is -5.08. The SMILES string of the molecule is COC(=O)[C@](Cc1ccccc1)(NC(=O)OCC[Si](C)(C)C)C(F)(F)F. The minimum Gasteiger partial charge on any atom is -0.467 e. The molecule has 5 nitrogen and oxygen atoms in total. The van der Waals surface area contributed by atoms with E-state index in [0.29, 0.717) is 6.04 Å². The van der Waals surface area contributed by atoms with Gasteiger partial charge in [0.15, 0.2) is 0 Å². The Labute approximate surface area is 151 Å². The third-order valence-electron chi connectivity index (χ3n) is 3.73. The molecule has 146 valence electrons. The van der Waals surface area contributed by atoms with Crippen molar-refractivity contribution in [1.29, 1.82) is 0 Å². The summed E-state index contributed by atoms with van der Waals surface area (Å²) in [5, 5.41) is 1.71. The maximum atomic E-state index is 13.8. The number of carbonyl (C=O) groups is 2. The van der Waals surface area contributed by atoms with E-state index in [-0.39, 0.29) is 12.2 Å². The Bertz CT molecular complexity index is 617. The molecule has 0 saturated heterocycles. The van der Waals surface area contributed by atoms with Gasteiger partial charge in [-0.05, 0) is 11.6 Å². The third kappa shape index (κ3) is 6.05. The van der Waals surface area contributed by atoms with Gasteiger partial charge in [0.25, 0.3) is 0 Å². The molecular formula is C17H24F3NO4Si. The maximum Gasteiger partial charge on any atom is 0.422 e. The fourth-order valence-corrected chi connectivity index (χ4v) is 2.91. The van der Waals surface area contributed by atoms with Gasteiger partial charge in [-0.1, -0.05) is 50.0 Å². The second-order valence-electron chi connectivity index (χ2n) is 7.13. The van der Waals surface area contributed by atoms with Crippen molar-refractivity contribution in [3.05, 3.63) is 35.9 Å². The molecule has 1 aromatic rings. The van der Waals surface area contributed by atoms with Crippen LogP contribution in [-0.2, 0) is 20.7 Å². The van der Waals surface area contributed by atoms with Crippen molar-refractivity contribution in [2.75, 3.05) is 13.7 Å². The van der Waals surface area contributed by atoms with E-state index in [4.69, 9.17) is 4.74 Å². The van der Waals surface area contributed by atoms with E-state index < -0.39 is 38.3 Å². The monoisotopic (exact) mass is 391 g/mol. The standard InChI is InChI=1S/C17H24F3NO4Si/c1-24-14(22)16(17(18,19)20,12-13-8-6-5-7-9-13)21-15(23)25-10-11-26(2,3)4/h5-9H,10-12H2,1-4H3,(H,21,23)/t16-/m0/s1. The van der Waals surface area contributed by atoms with Gasteiger partial charge in [-0.3, -0.25) is 5.32 Å². The molecular weight excluding hydrogens is 367 g/mol. The van der Waals surface area contributed by atoms with Crippen LogP contribution in [0.5, 0.6) is 0 Å². The Kier molecular flexibility index (Phi) is 7.25. The highest BCUT2D eigenvalue weighted by atomic mass is 28.3. The van der Waals surface area contributed by atoms with E-state index in [9.17, 15) is 22.8 Å². The summed E-state index contributed by atoms with van der Waals surface area (Å²) >= 11 is 0. The van der Waals surface area contributed by atoms with Crippen LogP contribution in [0.25, 0.3) is 0 Å². The van der Waals surface area contributed by atoms with Crippen LogP contribution in [0, 0.1) is 0 Å². The first-order chi connectivity index (χ1) is 11.9. The van der Waals surface area contributed by atoms with E-state index in [1.165, 1.54) is 12.1 Å². The van der Waals surface area contributed by atoms with Gasteiger partial charge in [0, 0.05) is 14.5 Å². The molecule has 0 aromatic heterocycles. The average molecular weight is 391 g/mol. The van der Waals surface area contributed by atoms with E-state index in [0.717, 1.165) is 7.11 Å². The van der Waals surface area contributed by atoms with Gasteiger partial charge in [-0.15, -0.1) is 0 Å². The first-order valence-electron chi connectivity index (χ1n) is 8.05. The summed E-state index contributed by atoms with van der Waals surface area (Å²) in [6, 6.07) is 8.18. The summed E-state index contributed by atoms with van der Waals surface area (Å²) in [5.41, 5.74) is -3.00. The van der Waals surface area contributed by atoms with Crippen LogP contribution in [0.15, 0.2) is 30.3 Å². The molecule has 26 heavy (non-hydrogen) atoms. The van der Waals surface area contributed by atoms with Crippen LogP contribution < -0.4 is 5.32 Å². The Morgan fingerprint density at radius 3 is 2.15 bits per heavy atom. The number of benzene rings is 1. The lowest BCUT2D eigenvalue weighted by molar-refractivity contribution is -0.210. The normalized spacial score (nSPS) is 14.3. The highest BCUT2D eigenvalue weighted by Crippen LogP contribution is 2.35. The number of alkyl halides is 3. The molecule has 0 saturated carbocycles. The Balaban J connectivity index is 3.06. The highest BCUT2D eigenvalue weighted by molar-refractivity contribution is 6.76. The van der Waals surface area contributed by atoms with Crippen LogP contribution in [0.1, 0.15) is 5.56 Å². The van der Waals surface area contributed by atoms with Gasteiger partial charge in [0.1, 0.15) is 0 Å². The maximum absolute atomic E-state index is 13.8. The van der Waals surface area contributed by atoms with Crippen LogP contribution in [0.4, 0.5) is 18.0 Å². The van der Waals surface area contributed by atoms with Crippen LogP contribution in [0.3, 0.4) is 0 Å². The van der Waals surface area contributed by atoms with Gasteiger partial charge in [0.05, 0.1) is 13.7 Å². The van der Waals surface area contributed by atoms with Gasteiger partial charge < -0.3 is 9.47 Å². The molecule has 1 atom stereocenters. The van der Waals surface area contributed by atoms with E-state index in [2.05, 4.69) is 4.74 Å². The molecule has 9 heteroatoms. The number of hydrogen-bond donors (Lipinski definition) is 1. The lowest BCUT2D eigenvalue weighted by atomic mass is 9.90. The molecule has 0 fully saturated rings. The quantitative estimate of drug-likeness (QED) is 0.568. The molecule has 1 rings (SSSR count). The van der Waals surface area contributed by atoms with Crippen LogP contribution in [-0.4, -0.2) is 45.6 Å². The van der Waals surface area contributed by atoms with E-state index in [1.807, 2.05) is 19.6 Å². The zero-order valence-corrected chi connectivity index (χ0v) is 16.3. The number of hydrogen-bond acceptors (Lipinski definition) is 4. The van der Waals surface area contributed by atoms with Gasteiger partial charge in [-0.25, -0.2) is 9.59 Å². The fraction of sp³-hybridized carbons (Fsp3) is 0.529. The number of methoxy groups -OCH3 is 1. The molecule has 1 N–H and O–H groups in total. The lowest BCUT2D eigenvalue weighted by Crippen LogP contribution is -2.65. The zero-order chi connectivity index (χ0) is 20.0. The van der Waals surface area contributed by atoms with Crippen molar-refractivity contribution in [1.82, 2.24) is 5.32 Å². The summed E-state index contributed by atoms with van der Waals surface area (Å²) in [7, 11) is -0.689.